The highest BCUT2D eigenvalue weighted by Gasteiger charge is 2.34. The van der Waals surface area contributed by atoms with Gasteiger partial charge in [0.15, 0.2) is 0 Å². The summed E-state index contributed by atoms with van der Waals surface area (Å²) in [5, 5.41) is 9.27. The van der Waals surface area contributed by atoms with Crippen LogP contribution in [0.5, 0.6) is 5.75 Å². The molecule has 30 heavy (non-hydrogen) atoms. The Morgan fingerprint density at radius 1 is 1.20 bits per heavy atom. The largest absolute Gasteiger partial charge is 0.490 e. The Hall–Kier alpha value is -2.63. The van der Waals surface area contributed by atoms with Crippen molar-refractivity contribution in [1.82, 2.24) is 9.80 Å². The van der Waals surface area contributed by atoms with E-state index in [1.807, 2.05) is 6.07 Å². The Morgan fingerprint density at radius 3 is 2.67 bits per heavy atom. The first-order chi connectivity index (χ1) is 14.3. The van der Waals surface area contributed by atoms with Crippen LogP contribution in [0.15, 0.2) is 18.2 Å². The van der Waals surface area contributed by atoms with Crippen LogP contribution < -0.4 is 4.74 Å². The van der Waals surface area contributed by atoms with Gasteiger partial charge < -0.3 is 24.0 Å². The van der Waals surface area contributed by atoms with Gasteiger partial charge in [-0.25, -0.2) is 0 Å². The third-order valence-electron chi connectivity index (χ3n) is 6.02. The maximum absolute atomic E-state index is 13.2. The van der Waals surface area contributed by atoms with Crippen molar-refractivity contribution in [3.05, 3.63) is 29.3 Å². The molecule has 2 heterocycles. The molecule has 2 aliphatic heterocycles. The number of hydrogen-bond acceptors (Lipinski definition) is 6. The molecule has 8 heteroatoms. The third kappa shape index (κ3) is 4.58. The molecular formula is C22H29N3O5. The molecule has 2 bridgehead atoms. The molecule has 2 amide bonds. The van der Waals surface area contributed by atoms with E-state index in [2.05, 4.69) is 0 Å². The van der Waals surface area contributed by atoms with Crippen molar-refractivity contribution in [3.63, 3.8) is 0 Å². The molecule has 1 fully saturated rings. The van der Waals surface area contributed by atoms with Crippen molar-refractivity contribution < 1.29 is 23.8 Å². The van der Waals surface area contributed by atoms with Gasteiger partial charge in [0.25, 0.3) is 5.91 Å². The molecular weight excluding hydrogens is 386 g/mol. The average molecular weight is 415 g/mol. The monoisotopic (exact) mass is 415 g/mol. The van der Waals surface area contributed by atoms with Crippen LogP contribution in [0.2, 0.25) is 0 Å². The molecule has 0 saturated carbocycles. The lowest BCUT2D eigenvalue weighted by atomic mass is 9.99. The van der Waals surface area contributed by atoms with Gasteiger partial charge in [-0.05, 0) is 44.4 Å². The van der Waals surface area contributed by atoms with Crippen molar-refractivity contribution in [2.75, 3.05) is 34.4 Å². The average Bonchev–Trinajstić information content (AvgIpc) is 2.78. The maximum atomic E-state index is 13.2. The summed E-state index contributed by atoms with van der Waals surface area (Å²) in [6.07, 6.45) is 2.03. The molecule has 1 aromatic carbocycles. The van der Waals surface area contributed by atoms with E-state index < -0.39 is 6.04 Å². The molecule has 1 aromatic rings. The van der Waals surface area contributed by atoms with Gasteiger partial charge in [-0.3, -0.25) is 9.59 Å². The number of methoxy groups -OCH3 is 1. The van der Waals surface area contributed by atoms with Crippen LogP contribution in [0, 0.1) is 11.3 Å². The van der Waals surface area contributed by atoms with E-state index in [4.69, 9.17) is 14.2 Å². The van der Waals surface area contributed by atoms with E-state index in [9.17, 15) is 14.9 Å². The highest BCUT2D eigenvalue weighted by molar-refractivity contribution is 5.99. The lowest BCUT2D eigenvalue weighted by Crippen LogP contribution is -2.48. The Labute approximate surface area is 177 Å². The summed E-state index contributed by atoms with van der Waals surface area (Å²) in [6.45, 7) is 2.47. The number of benzene rings is 1. The van der Waals surface area contributed by atoms with Crippen LogP contribution in [-0.2, 0) is 14.3 Å². The highest BCUT2D eigenvalue weighted by Crippen LogP contribution is 2.28. The second kappa shape index (κ2) is 9.45. The first-order valence-electron chi connectivity index (χ1n) is 10.2. The van der Waals surface area contributed by atoms with Gasteiger partial charge in [-0.2, -0.15) is 5.26 Å². The van der Waals surface area contributed by atoms with Crippen molar-refractivity contribution in [2.45, 2.75) is 50.5 Å². The summed E-state index contributed by atoms with van der Waals surface area (Å²) in [5.74, 6) is -0.167. The van der Waals surface area contributed by atoms with Gasteiger partial charge in [-0.1, -0.05) is 0 Å². The van der Waals surface area contributed by atoms with Crippen molar-refractivity contribution >= 4 is 11.8 Å². The van der Waals surface area contributed by atoms with Gasteiger partial charge in [0.1, 0.15) is 24.5 Å². The molecule has 0 aromatic heterocycles. The van der Waals surface area contributed by atoms with Crippen LogP contribution in [0.4, 0.5) is 0 Å². The Kier molecular flexibility index (Phi) is 6.95. The minimum atomic E-state index is -0.651. The summed E-state index contributed by atoms with van der Waals surface area (Å²) in [6, 6.07) is 6.12. The van der Waals surface area contributed by atoms with Crippen LogP contribution in [0.3, 0.4) is 0 Å². The first kappa shape index (κ1) is 22.1. The zero-order valence-electron chi connectivity index (χ0n) is 18.0. The zero-order chi connectivity index (χ0) is 21.8. The minimum absolute atomic E-state index is 0.0123. The van der Waals surface area contributed by atoms with E-state index in [0.717, 1.165) is 12.8 Å². The summed E-state index contributed by atoms with van der Waals surface area (Å²) in [7, 11) is 4.98. The highest BCUT2D eigenvalue weighted by atomic mass is 16.6. The predicted octanol–water partition coefficient (Wildman–Crippen LogP) is 1.82. The van der Waals surface area contributed by atoms with Gasteiger partial charge in [0, 0.05) is 27.7 Å². The van der Waals surface area contributed by atoms with E-state index in [1.165, 1.54) is 11.0 Å². The normalized spacial score (nSPS) is 28.2. The third-order valence-corrected chi connectivity index (χ3v) is 6.02. The SMILES string of the molecule is CO[C@@H]1CC[C@@H]2CCN(C)C(=O)[C@H](C)N(C)C(=O)c3cc(C#N)ccc3OC[C@H]1O2. The smallest absolute Gasteiger partial charge is 0.258 e. The number of carbonyl (C=O) groups is 2. The quantitative estimate of drug-likeness (QED) is 0.695. The zero-order valence-corrected chi connectivity index (χ0v) is 18.0. The molecule has 0 aliphatic carbocycles. The van der Waals surface area contributed by atoms with Gasteiger partial charge in [-0.15, -0.1) is 0 Å². The van der Waals surface area contributed by atoms with Crippen LogP contribution in [0.1, 0.15) is 42.1 Å². The lowest BCUT2D eigenvalue weighted by molar-refractivity contribution is -0.146. The van der Waals surface area contributed by atoms with E-state index >= 15 is 0 Å². The molecule has 3 rings (SSSR count). The second-order valence-corrected chi connectivity index (χ2v) is 7.92. The van der Waals surface area contributed by atoms with Crippen LogP contribution >= 0.6 is 0 Å². The standard InChI is InChI=1S/C22H29N3O5/c1-14-21(26)24(2)10-9-16-6-8-19(28-4)20(30-16)13-29-18-7-5-15(12-23)11-17(18)22(27)25(14)3/h5,7,11,14,16,19-20H,6,8-10,13H2,1-4H3/t14-,16+,19+,20+/m0/s1. The number of carbonyl (C=O) groups excluding carboxylic acids is 2. The maximum Gasteiger partial charge on any atom is 0.258 e. The second-order valence-electron chi connectivity index (χ2n) is 7.92. The molecule has 2 aliphatic rings. The summed E-state index contributed by atoms with van der Waals surface area (Å²) < 4.78 is 17.8. The van der Waals surface area contributed by atoms with Crippen LogP contribution in [0.25, 0.3) is 0 Å². The number of ether oxygens (including phenoxy) is 3. The molecule has 0 radical (unpaired) electrons. The molecule has 162 valence electrons. The fourth-order valence-corrected chi connectivity index (χ4v) is 3.93. The number of hydrogen-bond donors (Lipinski definition) is 0. The number of fused-ring (bicyclic) bond motifs is 3. The van der Waals surface area contributed by atoms with E-state index in [1.54, 1.807) is 45.2 Å². The lowest BCUT2D eigenvalue weighted by Gasteiger charge is -2.37. The number of nitrogens with zero attached hydrogens (tertiary/aromatic N) is 3. The van der Waals surface area contributed by atoms with E-state index in [0.29, 0.717) is 24.3 Å². The number of amides is 2. The summed E-state index contributed by atoms with van der Waals surface area (Å²) >= 11 is 0. The fourth-order valence-electron chi connectivity index (χ4n) is 3.93. The van der Waals surface area contributed by atoms with Crippen molar-refractivity contribution in [1.29, 1.82) is 5.26 Å². The van der Waals surface area contributed by atoms with Gasteiger partial charge in [0.2, 0.25) is 5.91 Å². The minimum Gasteiger partial charge on any atom is -0.490 e. The van der Waals surface area contributed by atoms with Gasteiger partial charge >= 0.3 is 0 Å². The Balaban J connectivity index is 1.98. The van der Waals surface area contributed by atoms with Gasteiger partial charge in [0.05, 0.1) is 29.4 Å². The fraction of sp³-hybridized carbons (Fsp3) is 0.591. The number of rotatable bonds is 1. The molecule has 0 spiro atoms. The number of nitriles is 1. The molecule has 0 unspecified atom stereocenters. The first-order valence-corrected chi connectivity index (χ1v) is 10.2. The van der Waals surface area contributed by atoms with Crippen molar-refractivity contribution in [3.8, 4) is 11.8 Å². The topological polar surface area (TPSA) is 92.1 Å². The predicted molar refractivity (Wildman–Crippen MR) is 109 cm³/mol. The van der Waals surface area contributed by atoms with E-state index in [-0.39, 0.29) is 42.3 Å². The van der Waals surface area contributed by atoms with Crippen LogP contribution in [-0.4, -0.2) is 80.3 Å². The summed E-state index contributed by atoms with van der Waals surface area (Å²) in [5.41, 5.74) is 0.595. The molecule has 0 N–H and O–H groups in total. The Bertz CT molecular complexity index is 837. The molecule has 1 saturated heterocycles. The summed E-state index contributed by atoms with van der Waals surface area (Å²) in [4.78, 5) is 29.1. The molecule has 4 atom stereocenters. The molecule has 8 nitrogen and oxygen atoms in total. The number of likely N-dealkylation sites (N-methyl/N-ethyl adjacent to an activating group) is 2. The van der Waals surface area contributed by atoms with Crippen molar-refractivity contribution in [2.24, 2.45) is 0 Å². The Morgan fingerprint density at radius 2 is 1.97 bits per heavy atom.